The van der Waals surface area contributed by atoms with E-state index in [0.717, 1.165) is 32.1 Å². The van der Waals surface area contributed by atoms with Crippen LogP contribution in [0, 0.1) is 5.92 Å². The molecule has 0 aromatic heterocycles. The molecule has 1 unspecified atom stereocenters. The van der Waals surface area contributed by atoms with Crippen molar-refractivity contribution in [1.29, 1.82) is 0 Å². The minimum atomic E-state index is -0.983. The van der Waals surface area contributed by atoms with E-state index < -0.39 is 24.1 Å². The third-order valence-corrected chi connectivity index (χ3v) is 8.50. The van der Waals surface area contributed by atoms with E-state index in [0.29, 0.717) is 23.8 Å². The van der Waals surface area contributed by atoms with Crippen LogP contribution in [0.2, 0.25) is 10.0 Å². The number of aliphatic hydroxyl groups excluding tert-OH is 1. The molecule has 200 valence electrons. The van der Waals surface area contributed by atoms with Crippen LogP contribution in [0.1, 0.15) is 69.6 Å². The number of nitrogens with one attached hydrogen (secondary N) is 1. The molecule has 5 nitrogen and oxygen atoms in total. The number of carboxylic acid groups (broad SMARTS) is 1. The lowest BCUT2D eigenvalue weighted by Crippen LogP contribution is -2.51. The number of carbonyl (C=O) groups is 1. The molecule has 0 fully saturated rings. The smallest absolute Gasteiger partial charge is 0.310 e. The number of hydrogen-bond acceptors (Lipinski definition) is 4. The number of hydrogen-bond donors (Lipinski definition) is 3. The molecule has 0 aliphatic heterocycles. The zero-order valence-electron chi connectivity index (χ0n) is 21.4. The molecule has 0 bridgehead atoms. The number of carboxylic acids is 1. The van der Waals surface area contributed by atoms with Crippen LogP contribution in [0.3, 0.4) is 0 Å². The van der Waals surface area contributed by atoms with Gasteiger partial charge in [0, 0.05) is 12.1 Å². The fraction of sp³-hybridized carbons (Fsp3) is 0.536. The predicted molar refractivity (Wildman–Crippen MR) is 149 cm³/mol. The third kappa shape index (κ3) is 7.08. The first-order valence-corrected chi connectivity index (χ1v) is 13.2. The molecule has 0 heterocycles. The Morgan fingerprint density at radius 1 is 1.08 bits per heavy atom. The molecule has 3 atom stereocenters. The van der Waals surface area contributed by atoms with Gasteiger partial charge in [-0.3, -0.25) is 4.79 Å². The second-order valence-corrected chi connectivity index (χ2v) is 10.6. The summed E-state index contributed by atoms with van der Waals surface area (Å²) in [7, 11) is 0. The Morgan fingerprint density at radius 3 is 2.19 bits per heavy atom. The minimum Gasteiger partial charge on any atom is -0.486 e. The molecule has 3 N–H and O–H groups in total. The summed E-state index contributed by atoms with van der Waals surface area (Å²) in [5.74, 6) is -0.850. The van der Waals surface area contributed by atoms with Crippen LogP contribution < -0.4 is 10.1 Å². The number of aliphatic carboxylic acids is 1. The van der Waals surface area contributed by atoms with Crippen molar-refractivity contribution in [2.75, 3.05) is 6.54 Å². The first-order chi connectivity index (χ1) is 16.6. The highest BCUT2D eigenvalue weighted by atomic mass is 35.5. The summed E-state index contributed by atoms with van der Waals surface area (Å²) in [5, 5.41) is 24.1. The Morgan fingerprint density at radius 2 is 1.67 bits per heavy atom. The van der Waals surface area contributed by atoms with Gasteiger partial charge in [0.1, 0.15) is 23.0 Å². The molecule has 3 rings (SSSR count). The Kier molecular flexibility index (Phi) is 11.4. The van der Waals surface area contributed by atoms with Gasteiger partial charge in [0.15, 0.2) is 0 Å². The van der Waals surface area contributed by atoms with Crippen molar-refractivity contribution < 1.29 is 19.7 Å². The van der Waals surface area contributed by atoms with Gasteiger partial charge < -0.3 is 20.3 Å². The van der Waals surface area contributed by atoms with Crippen molar-refractivity contribution >= 4 is 41.6 Å². The number of fused-ring (bicyclic) bond motifs is 1. The highest BCUT2D eigenvalue weighted by molar-refractivity contribution is 6.43. The standard InChI is InChI=1S/C28H37Cl2NO4.ClH/c1-5-28(6-2,15-19-13-20-9-7-8-10-21(20)14-19)31-16-23(32)18(4)35-24-12-11-22(17(3)27(33)34)25(29)26(24)30;/h7-12,17-19,23,31-32H,5-6,13-16H2,1-4H3,(H,33,34);1H/t17?,18-,23-;/m0./s1. The summed E-state index contributed by atoms with van der Waals surface area (Å²) in [5.41, 5.74) is 3.29. The SMILES string of the molecule is CCC(CC)(CC1Cc2ccccc2C1)NC[C@H](O)[C@H](C)Oc1ccc(C(C)C(=O)O)c(Cl)c1Cl.Cl. The molecular formula is C28H38Cl3NO4. The molecule has 0 radical (unpaired) electrons. The van der Waals surface area contributed by atoms with E-state index in [1.165, 1.54) is 11.1 Å². The maximum Gasteiger partial charge on any atom is 0.310 e. The van der Waals surface area contributed by atoms with Crippen LogP contribution in [0.4, 0.5) is 0 Å². The molecular weight excluding hydrogens is 521 g/mol. The van der Waals surface area contributed by atoms with Gasteiger partial charge in [0.25, 0.3) is 0 Å². The molecule has 0 saturated heterocycles. The normalized spacial score (nSPS) is 16.1. The third-order valence-electron chi connectivity index (χ3n) is 7.62. The van der Waals surface area contributed by atoms with Gasteiger partial charge in [0.2, 0.25) is 0 Å². The van der Waals surface area contributed by atoms with Gasteiger partial charge in [0.05, 0.1) is 10.9 Å². The van der Waals surface area contributed by atoms with Crippen molar-refractivity contribution in [2.24, 2.45) is 5.92 Å². The number of rotatable bonds is 12. The number of halogens is 3. The zero-order valence-corrected chi connectivity index (χ0v) is 23.7. The van der Waals surface area contributed by atoms with E-state index in [-0.39, 0.29) is 28.0 Å². The number of benzene rings is 2. The topological polar surface area (TPSA) is 78.8 Å². The summed E-state index contributed by atoms with van der Waals surface area (Å²) in [6.07, 6.45) is 3.92. The van der Waals surface area contributed by atoms with E-state index in [1.54, 1.807) is 26.0 Å². The average molecular weight is 559 g/mol. The largest absolute Gasteiger partial charge is 0.486 e. The van der Waals surface area contributed by atoms with Crippen molar-refractivity contribution in [2.45, 2.75) is 83.5 Å². The Labute approximate surface area is 230 Å². The Bertz CT molecular complexity index is 1000. The van der Waals surface area contributed by atoms with Crippen LogP contribution in [0.25, 0.3) is 0 Å². The Balaban J connectivity index is 0.00000456. The molecule has 1 aliphatic carbocycles. The average Bonchev–Trinajstić information content (AvgIpc) is 3.26. The lowest BCUT2D eigenvalue weighted by atomic mass is 9.81. The van der Waals surface area contributed by atoms with E-state index in [9.17, 15) is 15.0 Å². The lowest BCUT2D eigenvalue weighted by molar-refractivity contribution is -0.138. The molecule has 0 saturated carbocycles. The second kappa shape index (κ2) is 13.3. The van der Waals surface area contributed by atoms with E-state index in [2.05, 4.69) is 43.4 Å². The molecule has 2 aromatic carbocycles. The van der Waals surface area contributed by atoms with Gasteiger partial charge in [-0.1, -0.05) is 67.4 Å². The molecule has 8 heteroatoms. The van der Waals surface area contributed by atoms with Crippen LogP contribution in [0.5, 0.6) is 5.75 Å². The fourth-order valence-corrected chi connectivity index (χ4v) is 5.62. The summed E-state index contributed by atoms with van der Waals surface area (Å²) in [4.78, 5) is 11.3. The maximum absolute atomic E-state index is 11.3. The van der Waals surface area contributed by atoms with Gasteiger partial charge in [-0.2, -0.15) is 0 Å². The summed E-state index contributed by atoms with van der Waals surface area (Å²) < 4.78 is 5.94. The highest BCUT2D eigenvalue weighted by Gasteiger charge is 2.33. The number of aliphatic hydroxyl groups is 1. The van der Waals surface area contributed by atoms with Gasteiger partial charge in [-0.15, -0.1) is 12.4 Å². The van der Waals surface area contributed by atoms with Crippen molar-refractivity contribution in [3.63, 3.8) is 0 Å². The van der Waals surface area contributed by atoms with Gasteiger partial charge >= 0.3 is 5.97 Å². The maximum atomic E-state index is 11.3. The number of β-amino-alcohol motifs (C(OH)–C–C–N with tert-alkyl or cyclic N) is 1. The van der Waals surface area contributed by atoms with Gasteiger partial charge in [-0.25, -0.2) is 0 Å². The zero-order chi connectivity index (χ0) is 25.8. The minimum absolute atomic E-state index is 0. The van der Waals surface area contributed by atoms with Gasteiger partial charge in [-0.05, 0) is 74.6 Å². The van der Waals surface area contributed by atoms with Crippen molar-refractivity contribution in [3.05, 3.63) is 63.1 Å². The van der Waals surface area contributed by atoms with E-state index in [1.807, 2.05) is 0 Å². The summed E-state index contributed by atoms with van der Waals surface area (Å²) >= 11 is 12.7. The summed E-state index contributed by atoms with van der Waals surface area (Å²) in [6.45, 7) is 8.13. The fourth-order valence-electron chi connectivity index (χ4n) is 5.08. The summed E-state index contributed by atoms with van der Waals surface area (Å²) in [6, 6.07) is 11.9. The molecule has 2 aromatic rings. The number of ether oxygens (including phenoxy) is 1. The monoisotopic (exact) mass is 557 g/mol. The molecule has 0 amide bonds. The lowest BCUT2D eigenvalue weighted by Gasteiger charge is -2.37. The van der Waals surface area contributed by atoms with E-state index in [4.69, 9.17) is 27.9 Å². The Hall–Kier alpha value is -1.50. The molecule has 36 heavy (non-hydrogen) atoms. The first-order valence-electron chi connectivity index (χ1n) is 12.5. The quantitative estimate of drug-likeness (QED) is 0.271. The van der Waals surface area contributed by atoms with Crippen LogP contribution >= 0.6 is 35.6 Å². The van der Waals surface area contributed by atoms with Crippen LogP contribution in [-0.2, 0) is 17.6 Å². The highest BCUT2D eigenvalue weighted by Crippen LogP contribution is 2.39. The van der Waals surface area contributed by atoms with E-state index >= 15 is 0 Å². The second-order valence-electron chi connectivity index (χ2n) is 9.85. The van der Waals surface area contributed by atoms with Crippen LogP contribution in [-0.4, -0.2) is 40.5 Å². The first kappa shape index (κ1) is 30.7. The van der Waals surface area contributed by atoms with Crippen molar-refractivity contribution in [1.82, 2.24) is 5.32 Å². The molecule has 0 spiro atoms. The van der Waals surface area contributed by atoms with Crippen molar-refractivity contribution in [3.8, 4) is 5.75 Å². The van der Waals surface area contributed by atoms with Crippen LogP contribution in [0.15, 0.2) is 36.4 Å². The molecule has 1 aliphatic rings. The predicted octanol–water partition coefficient (Wildman–Crippen LogP) is 6.69.